The largest absolute Gasteiger partial charge is 0.444 e. The summed E-state index contributed by atoms with van der Waals surface area (Å²) in [6.07, 6.45) is 3.62. The van der Waals surface area contributed by atoms with Crippen LogP contribution in [0.1, 0.15) is 54.3 Å². The average Bonchev–Trinajstić information content (AvgIpc) is 3.04. The van der Waals surface area contributed by atoms with Crippen LogP contribution in [0.3, 0.4) is 0 Å². The molecule has 1 saturated heterocycles. The Balaban J connectivity index is 1.40. The molecule has 8 heteroatoms. The van der Waals surface area contributed by atoms with E-state index in [2.05, 4.69) is 29.6 Å². The molecule has 180 valence electrons. The van der Waals surface area contributed by atoms with E-state index in [1.165, 1.54) is 4.90 Å². The van der Waals surface area contributed by atoms with Gasteiger partial charge in [-0.25, -0.2) is 9.78 Å². The molecule has 33 heavy (non-hydrogen) atoms. The van der Waals surface area contributed by atoms with Gasteiger partial charge in [-0.05, 0) is 64.5 Å². The first-order valence-corrected chi connectivity index (χ1v) is 12.8. The molecular weight excluding hydrogens is 436 g/mol. The summed E-state index contributed by atoms with van der Waals surface area (Å²) in [5.74, 6) is 2.89. The van der Waals surface area contributed by atoms with E-state index in [0.717, 1.165) is 17.1 Å². The Kier molecular flexibility index (Phi) is 6.18. The summed E-state index contributed by atoms with van der Waals surface area (Å²) in [7, 11) is 0. The molecule has 2 amide bonds. The fourth-order valence-corrected chi connectivity index (χ4v) is 5.66. The van der Waals surface area contributed by atoms with Gasteiger partial charge >= 0.3 is 6.09 Å². The molecule has 0 radical (unpaired) electrons. The molecule has 2 aromatic rings. The maximum atomic E-state index is 13.1. The number of nitrogens with one attached hydrogen (secondary N) is 1. The SMILES string of the molecule is CC(C)CSc1cccn2c(C(C)(C)NC(=O)C3[C@H]4CN(C(=O)OC(C)(C)C)C[C@@H]34)ncc12. The first-order valence-electron chi connectivity index (χ1n) is 11.8. The van der Waals surface area contributed by atoms with Gasteiger partial charge in [-0.15, -0.1) is 11.8 Å². The molecule has 0 aromatic carbocycles. The van der Waals surface area contributed by atoms with Crippen molar-refractivity contribution in [3.05, 3.63) is 30.4 Å². The van der Waals surface area contributed by atoms with Crippen LogP contribution >= 0.6 is 11.8 Å². The lowest BCUT2D eigenvalue weighted by Gasteiger charge is -2.27. The Hall–Kier alpha value is -2.22. The molecule has 0 spiro atoms. The van der Waals surface area contributed by atoms with Crippen LogP contribution in [0, 0.1) is 23.7 Å². The van der Waals surface area contributed by atoms with Gasteiger partial charge in [0.1, 0.15) is 11.4 Å². The van der Waals surface area contributed by atoms with Crippen molar-refractivity contribution in [2.24, 2.45) is 23.7 Å². The summed E-state index contributed by atoms with van der Waals surface area (Å²) >= 11 is 1.84. The highest BCUT2D eigenvalue weighted by Gasteiger charge is 2.61. The number of nitrogens with zero attached hydrogens (tertiary/aromatic N) is 3. The van der Waals surface area contributed by atoms with E-state index in [1.54, 1.807) is 4.90 Å². The van der Waals surface area contributed by atoms with Crippen molar-refractivity contribution in [1.82, 2.24) is 19.6 Å². The van der Waals surface area contributed by atoms with Crippen molar-refractivity contribution in [3.63, 3.8) is 0 Å². The molecule has 1 aliphatic heterocycles. The molecule has 0 bridgehead atoms. The normalized spacial score (nSPS) is 22.5. The van der Waals surface area contributed by atoms with E-state index >= 15 is 0 Å². The number of pyridine rings is 1. The molecule has 1 N–H and O–H groups in total. The number of ether oxygens (including phenoxy) is 1. The number of rotatable bonds is 6. The number of carbonyl (C=O) groups excluding carboxylic acids is 2. The third kappa shape index (κ3) is 5.00. The quantitative estimate of drug-likeness (QED) is 0.625. The van der Waals surface area contributed by atoms with Crippen LogP contribution in [0.5, 0.6) is 0 Å². The maximum absolute atomic E-state index is 13.1. The van der Waals surface area contributed by atoms with E-state index in [1.807, 2.05) is 64.8 Å². The molecule has 2 aliphatic rings. The Bertz CT molecular complexity index is 1040. The van der Waals surface area contributed by atoms with Crippen molar-refractivity contribution in [1.29, 1.82) is 0 Å². The highest BCUT2D eigenvalue weighted by Crippen LogP contribution is 2.52. The molecule has 3 atom stereocenters. The van der Waals surface area contributed by atoms with Gasteiger partial charge in [-0.3, -0.25) is 4.79 Å². The highest BCUT2D eigenvalue weighted by atomic mass is 32.2. The Morgan fingerprint density at radius 2 is 1.88 bits per heavy atom. The molecule has 2 aromatic heterocycles. The van der Waals surface area contributed by atoms with Crippen molar-refractivity contribution < 1.29 is 14.3 Å². The van der Waals surface area contributed by atoms with E-state index < -0.39 is 11.1 Å². The van der Waals surface area contributed by atoms with Crippen LogP contribution < -0.4 is 5.32 Å². The zero-order chi connectivity index (χ0) is 24.1. The molecule has 1 saturated carbocycles. The fraction of sp³-hybridized carbons (Fsp3) is 0.640. The predicted octanol–water partition coefficient (Wildman–Crippen LogP) is 4.55. The molecule has 1 unspecified atom stereocenters. The molecule has 7 nitrogen and oxygen atoms in total. The predicted molar refractivity (Wildman–Crippen MR) is 130 cm³/mol. The van der Waals surface area contributed by atoms with Gasteiger partial charge in [0, 0.05) is 35.9 Å². The minimum absolute atomic E-state index is 0.0425. The third-order valence-electron chi connectivity index (χ3n) is 6.25. The summed E-state index contributed by atoms with van der Waals surface area (Å²) in [5, 5.41) is 3.23. The Morgan fingerprint density at radius 1 is 1.21 bits per heavy atom. The number of hydrogen-bond acceptors (Lipinski definition) is 5. The first-order chi connectivity index (χ1) is 15.4. The summed E-state index contributed by atoms with van der Waals surface area (Å²) in [5.41, 5.74) is -0.0611. The number of hydrogen-bond donors (Lipinski definition) is 1. The van der Waals surface area contributed by atoms with Gasteiger partial charge in [-0.1, -0.05) is 13.8 Å². The lowest BCUT2D eigenvalue weighted by atomic mass is 10.0. The number of amides is 2. The molecule has 4 rings (SSSR count). The molecule has 1 aliphatic carbocycles. The first kappa shape index (κ1) is 23.9. The number of piperidine rings is 1. The minimum atomic E-state index is -0.618. The van der Waals surface area contributed by atoms with Gasteiger partial charge in [0.05, 0.1) is 17.3 Å². The number of fused-ring (bicyclic) bond motifs is 2. The standard InChI is InChI=1S/C25H36N4O3S/c1-15(2)14-33-19-9-8-10-29-18(19)11-26-22(29)25(6,7)27-21(30)20-16-12-28(13-17(16)20)23(31)32-24(3,4)5/h8-11,15-17,20H,12-14H2,1-7H3,(H,27,30)/t16-,17+,20?. The van der Waals surface area contributed by atoms with Gasteiger partial charge < -0.3 is 19.4 Å². The van der Waals surface area contributed by atoms with Crippen molar-refractivity contribution >= 4 is 29.3 Å². The van der Waals surface area contributed by atoms with Gasteiger partial charge in [0.25, 0.3) is 0 Å². The van der Waals surface area contributed by atoms with Crippen molar-refractivity contribution in [2.75, 3.05) is 18.8 Å². The maximum Gasteiger partial charge on any atom is 0.410 e. The number of imidazole rings is 1. The van der Waals surface area contributed by atoms with Crippen LogP contribution in [0.2, 0.25) is 0 Å². The van der Waals surface area contributed by atoms with Gasteiger partial charge in [0.15, 0.2) is 0 Å². The second kappa shape index (κ2) is 8.53. The average molecular weight is 473 g/mol. The lowest BCUT2D eigenvalue weighted by molar-refractivity contribution is -0.125. The zero-order valence-electron chi connectivity index (χ0n) is 20.7. The number of aromatic nitrogens is 2. The van der Waals surface area contributed by atoms with E-state index in [9.17, 15) is 9.59 Å². The van der Waals surface area contributed by atoms with Crippen LogP contribution in [-0.4, -0.2) is 50.7 Å². The van der Waals surface area contributed by atoms with Crippen LogP contribution in [0.4, 0.5) is 4.79 Å². The molecular formula is C25H36N4O3S. The number of thioether (sulfide) groups is 1. The monoisotopic (exact) mass is 472 g/mol. The van der Waals surface area contributed by atoms with E-state index in [0.29, 0.717) is 19.0 Å². The Labute approximate surface area is 200 Å². The van der Waals surface area contributed by atoms with Gasteiger partial charge in [-0.2, -0.15) is 0 Å². The summed E-state index contributed by atoms with van der Waals surface area (Å²) < 4.78 is 7.55. The second-order valence-electron chi connectivity index (χ2n) is 11.3. The third-order valence-corrected chi connectivity index (χ3v) is 7.74. The van der Waals surface area contributed by atoms with Crippen molar-refractivity contribution in [3.8, 4) is 0 Å². The highest BCUT2D eigenvalue weighted by molar-refractivity contribution is 7.99. The minimum Gasteiger partial charge on any atom is -0.444 e. The number of carbonyl (C=O) groups is 2. The molecule has 3 heterocycles. The molecule has 2 fully saturated rings. The number of likely N-dealkylation sites (tertiary alicyclic amines) is 1. The Morgan fingerprint density at radius 3 is 2.48 bits per heavy atom. The van der Waals surface area contributed by atoms with E-state index in [4.69, 9.17) is 9.72 Å². The van der Waals surface area contributed by atoms with Crippen molar-refractivity contribution in [2.45, 2.75) is 64.5 Å². The smallest absolute Gasteiger partial charge is 0.410 e. The fourth-order valence-electron chi connectivity index (χ4n) is 4.67. The topological polar surface area (TPSA) is 75.9 Å². The second-order valence-corrected chi connectivity index (χ2v) is 12.3. The lowest BCUT2D eigenvalue weighted by Crippen LogP contribution is -2.45. The zero-order valence-corrected chi connectivity index (χ0v) is 21.5. The van der Waals surface area contributed by atoms with Gasteiger partial charge in [0.2, 0.25) is 5.91 Å². The summed E-state index contributed by atoms with van der Waals surface area (Å²) in [6.45, 7) is 15.2. The van der Waals surface area contributed by atoms with E-state index in [-0.39, 0.29) is 29.8 Å². The van der Waals surface area contributed by atoms with Crippen LogP contribution in [0.25, 0.3) is 5.52 Å². The van der Waals surface area contributed by atoms with Crippen LogP contribution in [-0.2, 0) is 15.1 Å². The summed E-state index contributed by atoms with van der Waals surface area (Å²) in [6, 6.07) is 4.16. The summed E-state index contributed by atoms with van der Waals surface area (Å²) in [4.78, 5) is 33.1. The van der Waals surface area contributed by atoms with Crippen LogP contribution in [0.15, 0.2) is 29.4 Å².